The number of aryl methyl sites for hydroxylation is 1. The monoisotopic (exact) mass is 463 g/mol. The van der Waals surface area contributed by atoms with Gasteiger partial charge in [0.2, 0.25) is 0 Å². The lowest BCUT2D eigenvalue weighted by atomic mass is 10.0. The molecular weight excluding hydrogens is 438 g/mol. The topological polar surface area (TPSA) is 47.4 Å². The van der Waals surface area contributed by atoms with Crippen LogP contribution in [0.15, 0.2) is 59.6 Å². The van der Waals surface area contributed by atoms with Gasteiger partial charge < -0.3 is 4.74 Å². The van der Waals surface area contributed by atoms with Gasteiger partial charge in [-0.3, -0.25) is 9.69 Å². The van der Waals surface area contributed by atoms with Crippen molar-refractivity contribution in [3.05, 3.63) is 70.8 Å². The highest BCUT2D eigenvalue weighted by Crippen LogP contribution is 2.36. The van der Waals surface area contributed by atoms with Gasteiger partial charge in [-0.05, 0) is 69.7 Å². The summed E-state index contributed by atoms with van der Waals surface area (Å²) in [6.07, 6.45) is 3.96. The minimum Gasteiger partial charge on any atom is -0.491 e. The summed E-state index contributed by atoms with van der Waals surface area (Å²) in [5.74, 6) is 0.771. The molecule has 0 N–H and O–H groups in total. The van der Waals surface area contributed by atoms with E-state index in [-0.39, 0.29) is 12.0 Å². The number of amides is 1. The minimum atomic E-state index is -0.0571. The summed E-state index contributed by atoms with van der Waals surface area (Å²) < 4.78 is 8.28. The van der Waals surface area contributed by atoms with Crippen LogP contribution in [0.4, 0.5) is 0 Å². The number of hydrogen-bond donors (Lipinski definition) is 0. The quantitative estimate of drug-likeness (QED) is 0.339. The second kappa shape index (κ2) is 9.30. The van der Waals surface area contributed by atoms with Gasteiger partial charge >= 0.3 is 0 Å². The molecule has 0 unspecified atom stereocenters. The lowest BCUT2D eigenvalue weighted by molar-refractivity contribution is -0.121. The molecule has 2 aromatic carbocycles. The molecule has 1 amide bonds. The Balaban J connectivity index is 1.82. The van der Waals surface area contributed by atoms with E-state index in [2.05, 4.69) is 0 Å². The summed E-state index contributed by atoms with van der Waals surface area (Å²) in [6.45, 7) is 8.56. The Morgan fingerprint density at radius 2 is 1.94 bits per heavy atom. The molecule has 0 spiro atoms. The number of carbonyl (C=O) groups excluding carboxylic acids is 1. The van der Waals surface area contributed by atoms with E-state index >= 15 is 0 Å². The molecule has 0 atom stereocenters. The van der Waals surface area contributed by atoms with Crippen molar-refractivity contribution in [2.75, 3.05) is 6.54 Å². The minimum absolute atomic E-state index is 0.0571. The molecule has 1 aliphatic rings. The highest BCUT2D eigenvalue weighted by Gasteiger charge is 2.31. The number of thioether (sulfide) groups is 1. The molecule has 0 saturated carbocycles. The van der Waals surface area contributed by atoms with Crippen molar-refractivity contribution < 1.29 is 9.53 Å². The number of benzene rings is 2. The standard InChI is InChI=1S/C25H25N3O2S2/c1-5-27-24(29)22(32-25(27)31)14-18-15-28(19-9-7-6-8-10-19)26-23(18)21-12-11-20(13-17(21)4)30-16(2)3/h6-16H,5H2,1-4H3/b22-14-. The van der Waals surface area contributed by atoms with Crippen LogP contribution in [-0.2, 0) is 4.79 Å². The molecule has 3 aromatic rings. The number of aromatic nitrogens is 2. The molecule has 2 heterocycles. The molecule has 1 aromatic heterocycles. The van der Waals surface area contributed by atoms with Crippen LogP contribution in [-0.4, -0.2) is 37.6 Å². The summed E-state index contributed by atoms with van der Waals surface area (Å²) in [5.41, 5.74) is 4.67. The van der Waals surface area contributed by atoms with Crippen LogP contribution < -0.4 is 4.74 Å². The fraction of sp³-hybridized carbons (Fsp3) is 0.240. The van der Waals surface area contributed by atoms with Gasteiger partial charge in [-0.2, -0.15) is 5.10 Å². The fourth-order valence-electron chi connectivity index (χ4n) is 3.58. The van der Waals surface area contributed by atoms with Crippen molar-refractivity contribution in [3.8, 4) is 22.7 Å². The second-order valence-corrected chi connectivity index (χ2v) is 9.46. The summed E-state index contributed by atoms with van der Waals surface area (Å²) in [6, 6.07) is 16.0. The maximum Gasteiger partial charge on any atom is 0.266 e. The lowest BCUT2D eigenvalue weighted by Gasteiger charge is -2.12. The van der Waals surface area contributed by atoms with E-state index in [0.717, 1.165) is 33.8 Å². The van der Waals surface area contributed by atoms with Gasteiger partial charge in [0.25, 0.3) is 5.91 Å². The Labute approximate surface area is 198 Å². The molecule has 4 rings (SSSR count). The molecule has 1 fully saturated rings. The van der Waals surface area contributed by atoms with Crippen LogP contribution in [0.1, 0.15) is 31.9 Å². The van der Waals surface area contributed by atoms with E-state index in [1.807, 2.05) is 93.2 Å². The van der Waals surface area contributed by atoms with Crippen LogP contribution in [0.2, 0.25) is 0 Å². The molecule has 0 aliphatic carbocycles. The molecule has 32 heavy (non-hydrogen) atoms. The van der Waals surface area contributed by atoms with E-state index in [1.54, 1.807) is 4.90 Å². The van der Waals surface area contributed by atoms with E-state index in [4.69, 9.17) is 22.1 Å². The molecule has 0 radical (unpaired) electrons. The maximum absolute atomic E-state index is 12.8. The third kappa shape index (κ3) is 4.49. The number of thiocarbonyl (C=S) groups is 1. The van der Waals surface area contributed by atoms with Gasteiger partial charge in [0.15, 0.2) is 0 Å². The molecule has 164 valence electrons. The molecular formula is C25H25N3O2S2. The van der Waals surface area contributed by atoms with E-state index in [1.165, 1.54) is 11.8 Å². The van der Waals surface area contributed by atoms with Gasteiger partial charge in [-0.15, -0.1) is 0 Å². The number of ether oxygens (including phenoxy) is 1. The van der Waals surface area contributed by atoms with E-state index in [0.29, 0.717) is 15.8 Å². The van der Waals surface area contributed by atoms with Gasteiger partial charge in [0.1, 0.15) is 15.8 Å². The Hall–Kier alpha value is -2.90. The first-order valence-electron chi connectivity index (χ1n) is 10.6. The van der Waals surface area contributed by atoms with Gasteiger partial charge in [0.05, 0.1) is 16.7 Å². The molecule has 1 saturated heterocycles. The number of hydrogen-bond acceptors (Lipinski definition) is 5. The molecule has 0 bridgehead atoms. The lowest BCUT2D eigenvalue weighted by Crippen LogP contribution is -2.27. The summed E-state index contributed by atoms with van der Waals surface area (Å²) in [4.78, 5) is 15.0. The van der Waals surface area contributed by atoms with Crippen molar-refractivity contribution in [1.82, 2.24) is 14.7 Å². The Morgan fingerprint density at radius 3 is 2.56 bits per heavy atom. The fourth-order valence-corrected chi connectivity index (χ4v) is 4.95. The molecule has 7 heteroatoms. The third-order valence-electron chi connectivity index (χ3n) is 5.06. The number of carbonyl (C=O) groups is 1. The number of likely N-dealkylation sites (N-methyl/N-ethyl adjacent to an activating group) is 1. The van der Waals surface area contributed by atoms with Gasteiger partial charge in [0, 0.05) is 23.9 Å². The SMILES string of the molecule is CCN1C(=O)/C(=C/c2cn(-c3ccccc3)nc2-c2ccc(OC(C)C)cc2C)SC1=S. The highest BCUT2D eigenvalue weighted by molar-refractivity contribution is 8.26. The smallest absolute Gasteiger partial charge is 0.266 e. The van der Waals surface area contributed by atoms with Crippen LogP contribution in [0, 0.1) is 6.92 Å². The van der Waals surface area contributed by atoms with E-state index in [9.17, 15) is 4.79 Å². The predicted molar refractivity (Wildman–Crippen MR) is 135 cm³/mol. The predicted octanol–water partition coefficient (Wildman–Crippen LogP) is 5.86. The zero-order chi connectivity index (χ0) is 22.8. The Morgan fingerprint density at radius 1 is 1.19 bits per heavy atom. The first kappa shape index (κ1) is 22.3. The van der Waals surface area contributed by atoms with Crippen LogP contribution in [0.25, 0.3) is 23.0 Å². The van der Waals surface area contributed by atoms with Crippen molar-refractivity contribution >= 4 is 40.3 Å². The largest absolute Gasteiger partial charge is 0.491 e. The van der Waals surface area contributed by atoms with Crippen molar-refractivity contribution in [1.29, 1.82) is 0 Å². The molecule has 1 aliphatic heterocycles. The number of nitrogens with zero attached hydrogens (tertiary/aromatic N) is 3. The van der Waals surface area contributed by atoms with E-state index < -0.39 is 0 Å². The third-order valence-corrected chi connectivity index (χ3v) is 6.44. The maximum atomic E-state index is 12.8. The number of para-hydroxylation sites is 1. The average molecular weight is 464 g/mol. The highest BCUT2D eigenvalue weighted by atomic mass is 32.2. The average Bonchev–Trinajstić information content (AvgIpc) is 3.29. The Bertz CT molecular complexity index is 1200. The van der Waals surface area contributed by atoms with Crippen molar-refractivity contribution in [3.63, 3.8) is 0 Å². The Kier molecular flexibility index (Phi) is 6.48. The first-order chi connectivity index (χ1) is 15.4. The van der Waals surface area contributed by atoms with Gasteiger partial charge in [-0.1, -0.05) is 42.2 Å². The normalized spacial score (nSPS) is 15.3. The second-order valence-electron chi connectivity index (χ2n) is 7.78. The first-order valence-corrected chi connectivity index (χ1v) is 11.8. The van der Waals surface area contributed by atoms with Gasteiger partial charge in [-0.25, -0.2) is 4.68 Å². The van der Waals surface area contributed by atoms with Crippen LogP contribution >= 0.6 is 24.0 Å². The van der Waals surface area contributed by atoms with Crippen molar-refractivity contribution in [2.45, 2.75) is 33.8 Å². The van der Waals surface area contributed by atoms with Crippen LogP contribution in [0.5, 0.6) is 5.75 Å². The summed E-state index contributed by atoms with van der Waals surface area (Å²) >= 11 is 6.72. The summed E-state index contributed by atoms with van der Waals surface area (Å²) in [5, 5.41) is 4.89. The zero-order valence-corrected chi connectivity index (χ0v) is 20.2. The zero-order valence-electron chi connectivity index (χ0n) is 18.5. The summed E-state index contributed by atoms with van der Waals surface area (Å²) in [7, 11) is 0. The molecule has 5 nitrogen and oxygen atoms in total. The number of rotatable bonds is 6. The van der Waals surface area contributed by atoms with Crippen LogP contribution in [0.3, 0.4) is 0 Å². The van der Waals surface area contributed by atoms with Crippen molar-refractivity contribution in [2.24, 2.45) is 0 Å².